The van der Waals surface area contributed by atoms with Gasteiger partial charge in [0.05, 0.1) is 0 Å². The molecule has 1 aromatic heterocycles. The van der Waals surface area contributed by atoms with E-state index in [0.29, 0.717) is 17.8 Å². The Hall–Kier alpha value is -4.08. The summed E-state index contributed by atoms with van der Waals surface area (Å²) in [7, 11) is 0. The van der Waals surface area contributed by atoms with Crippen LogP contribution in [0.1, 0.15) is 5.56 Å². The third kappa shape index (κ3) is 4.80. The number of primary amides is 1. The molecule has 32 heavy (non-hydrogen) atoms. The third-order valence-electron chi connectivity index (χ3n) is 4.71. The van der Waals surface area contributed by atoms with Crippen LogP contribution in [0.3, 0.4) is 0 Å². The van der Waals surface area contributed by atoms with E-state index < -0.39 is 18.4 Å². The standard InChI is InChI=1S/C22H18F3N5O2/c23-22(24,25)32-17-9-5-4-8-16(17)15-10-11-27-18(13-15)30-19(28-21(29-30)20(26)31)12-14-6-2-1-3-7-14/h1-11,13,19H,12H2,(H2,26,31)(H,28,29). The zero-order valence-corrected chi connectivity index (χ0v) is 16.6. The lowest BCUT2D eigenvalue weighted by atomic mass is 10.1. The topological polar surface area (TPSA) is 92.8 Å². The number of pyridine rings is 1. The van der Waals surface area contributed by atoms with Crippen LogP contribution in [0.25, 0.3) is 11.1 Å². The van der Waals surface area contributed by atoms with E-state index in [1.54, 1.807) is 23.2 Å². The van der Waals surface area contributed by atoms with Crippen molar-refractivity contribution >= 4 is 17.6 Å². The van der Waals surface area contributed by atoms with Crippen molar-refractivity contribution < 1.29 is 22.7 Å². The number of aliphatic imine (C=N–C) groups is 1. The first-order valence-corrected chi connectivity index (χ1v) is 9.59. The van der Waals surface area contributed by atoms with E-state index in [1.807, 2.05) is 30.3 Å². The van der Waals surface area contributed by atoms with E-state index >= 15 is 0 Å². The van der Waals surface area contributed by atoms with Crippen LogP contribution < -0.4 is 20.9 Å². The van der Waals surface area contributed by atoms with Crippen molar-refractivity contribution in [2.24, 2.45) is 10.7 Å². The molecule has 4 rings (SSSR count). The van der Waals surface area contributed by atoms with Crippen molar-refractivity contribution in [1.82, 2.24) is 10.4 Å². The van der Waals surface area contributed by atoms with Crippen LogP contribution >= 0.6 is 0 Å². The number of benzene rings is 2. The molecule has 0 aliphatic carbocycles. The molecule has 0 saturated heterocycles. The number of halogens is 3. The normalized spacial score (nSPS) is 15.8. The molecule has 0 bridgehead atoms. The second kappa shape index (κ2) is 8.58. The Morgan fingerprint density at radius 2 is 1.81 bits per heavy atom. The maximum atomic E-state index is 12.8. The fourth-order valence-corrected chi connectivity index (χ4v) is 3.35. The molecule has 3 aromatic rings. The van der Waals surface area contributed by atoms with Gasteiger partial charge in [-0.05, 0) is 29.3 Å². The summed E-state index contributed by atoms with van der Waals surface area (Å²) in [6.45, 7) is 0. The number of anilines is 1. The van der Waals surface area contributed by atoms with Gasteiger partial charge in [0.25, 0.3) is 5.91 Å². The van der Waals surface area contributed by atoms with Crippen LogP contribution in [-0.4, -0.2) is 29.3 Å². The summed E-state index contributed by atoms with van der Waals surface area (Å²) in [5, 5.41) is 1.56. The van der Waals surface area contributed by atoms with Gasteiger partial charge in [-0.2, -0.15) is 0 Å². The average molecular weight is 441 g/mol. The lowest BCUT2D eigenvalue weighted by molar-refractivity contribution is -0.274. The number of rotatable bonds is 6. The molecule has 164 valence electrons. The molecule has 7 nitrogen and oxygen atoms in total. The number of nitrogens with one attached hydrogen (secondary N) is 1. The summed E-state index contributed by atoms with van der Waals surface area (Å²) in [5.74, 6) is -0.740. The van der Waals surface area contributed by atoms with Crippen LogP contribution in [0.5, 0.6) is 5.75 Å². The largest absolute Gasteiger partial charge is 0.573 e. The first-order valence-electron chi connectivity index (χ1n) is 9.59. The van der Waals surface area contributed by atoms with Gasteiger partial charge >= 0.3 is 6.36 Å². The molecule has 10 heteroatoms. The highest BCUT2D eigenvalue weighted by molar-refractivity contribution is 6.38. The zero-order valence-electron chi connectivity index (χ0n) is 16.6. The smallest absolute Gasteiger partial charge is 0.405 e. The van der Waals surface area contributed by atoms with Gasteiger partial charge in [0.1, 0.15) is 17.7 Å². The summed E-state index contributed by atoms with van der Waals surface area (Å²) in [5.41, 5.74) is 9.89. The van der Waals surface area contributed by atoms with E-state index in [-0.39, 0.29) is 17.1 Å². The highest BCUT2D eigenvalue weighted by atomic mass is 19.4. The minimum atomic E-state index is -4.83. The lowest BCUT2D eigenvalue weighted by Crippen LogP contribution is -2.45. The van der Waals surface area contributed by atoms with Crippen molar-refractivity contribution in [2.45, 2.75) is 18.9 Å². The second-order valence-electron chi connectivity index (χ2n) is 6.94. The molecule has 1 aliphatic rings. The highest BCUT2D eigenvalue weighted by Gasteiger charge is 2.33. The highest BCUT2D eigenvalue weighted by Crippen LogP contribution is 2.35. The van der Waals surface area contributed by atoms with Crippen LogP contribution in [0.2, 0.25) is 0 Å². The molecule has 2 aromatic carbocycles. The average Bonchev–Trinajstić information content (AvgIpc) is 3.18. The quantitative estimate of drug-likeness (QED) is 0.612. The molecule has 1 amide bonds. The molecule has 1 unspecified atom stereocenters. The maximum Gasteiger partial charge on any atom is 0.573 e. The lowest BCUT2D eigenvalue weighted by Gasteiger charge is -2.24. The molecule has 2 heterocycles. The molecule has 0 radical (unpaired) electrons. The van der Waals surface area contributed by atoms with E-state index in [2.05, 4.69) is 20.1 Å². The number of alkyl halides is 3. The van der Waals surface area contributed by atoms with Gasteiger partial charge in [0.15, 0.2) is 0 Å². The van der Waals surface area contributed by atoms with E-state index in [9.17, 15) is 18.0 Å². The summed E-state index contributed by atoms with van der Waals surface area (Å²) < 4.78 is 42.6. The van der Waals surface area contributed by atoms with Gasteiger partial charge in [-0.15, -0.1) is 13.2 Å². The number of para-hydroxylation sites is 1. The Kier molecular flexibility index (Phi) is 5.67. The molecule has 1 atom stereocenters. The number of carbonyl (C=O) groups is 1. The first-order chi connectivity index (χ1) is 15.3. The molecule has 1 aliphatic heterocycles. The van der Waals surface area contributed by atoms with Crippen molar-refractivity contribution in [2.75, 3.05) is 5.01 Å². The number of hydrogen-bond donors (Lipinski definition) is 2. The minimum Gasteiger partial charge on any atom is -0.405 e. The Morgan fingerprint density at radius 3 is 2.53 bits per heavy atom. The summed E-state index contributed by atoms with van der Waals surface area (Å²) >= 11 is 0. The predicted octanol–water partition coefficient (Wildman–Crippen LogP) is 3.42. The molecule has 3 N–H and O–H groups in total. The fourth-order valence-electron chi connectivity index (χ4n) is 3.35. The zero-order chi connectivity index (χ0) is 22.7. The Balaban J connectivity index is 1.67. The van der Waals surface area contributed by atoms with Gasteiger partial charge in [0.2, 0.25) is 5.84 Å². The Labute approximate surface area is 181 Å². The molecule has 0 saturated carbocycles. The maximum absolute atomic E-state index is 12.8. The minimum absolute atomic E-state index is 0.0288. The number of ether oxygens (including phenoxy) is 1. The summed E-state index contributed by atoms with van der Waals surface area (Å²) in [4.78, 5) is 20.4. The van der Waals surface area contributed by atoms with Crippen molar-refractivity contribution in [1.29, 1.82) is 0 Å². The van der Waals surface area contributed by atoms with Crippen LogP contribution in [0, 0.1) is 0 Å². The monoisotopic (exact) mass is 441 g/mol. The van der Waals surface area contributed by atoms with Crippen molar-refractivity contribution in [3.05, 3.63) is 78.5 Å². The number of nitrogens with zero attached hydrogens (tertiary/aromatic N) is 3. The summed E-state index contributed by atoms with van der Waals surface area (Å²) in [6.07, 6.45) is -3.46. The Bertz CT molecular complexity index is 1150. The van der Waals surface area contributed by atoms with Gasteiger partial charge in [0, 0.05) is 18.2 Å². The van der Waals surface area contributed by atoms with Gasteiger partial charge in [-0.25, -0.2) is 15.0 Å². The third-order valence-corrected chi connectivity index (χ3v) is 4.71. The van der Waals surface area contributed by atoms with Crippen LogP contribution in [0.15, 0.2) is 77.9 Å². The number of hydrogen-bond acceptors (Lipinski definition) is 6. The molecule has 0 spiro atoms. The molecule has 0 fully saturated rings. The number of nitrogens with two attached hydrogens (primary N) is 1. The molecular formula is C22H18F3N5O2. The molecular weight excluding hydrogens is 423 g/mol. The van der Waals surface area contributed by atoms with Gasteiger partial charge in [-0.1, -0.05) is 48.5 Å². The number of carbonyl (C=O) groups excluding carboxylic acids is 1. The number of amidine groups is 1. The SMILES string of the molecule is NC(=O)C1=NC(Cc2ccccc2)N(c2cc(-c3ccccc3OC(F)(F)F)ccn2)N1. The van der Waals surface area contributed by atoms with Crippen LogP contribution in [-0.2, 0) is 11.2 Å². The Morgan fingerprint density at radius 1 is 1.09 bits per heavy atom. The van der Waals surface area contributed by atoms with Gasteiger partial charge in [-0.3, -0.25) is 10.2 Å². The second-order valence-corrected chi connectivity index (χ2v) is 6.94. The van der Waals surface area contributed by atoms with Gasteiger partial charge < -0.3 is 10.5 Å². The summed E-state index contributed by atoms with van der Waals surface area (Å²) in [6, 6.07) is 18.5. The number of aromatic nitrogens is 1. The van der Waals surface area contributed by atoms with Crippen molar-refractivity contribution in [3.63, 3.8) is 0 Å². The van der Waals surface area contributed by atoms with E-state index in [0.717, 1.165) is 5.56 Å². The number of hydrazine groups is 1. The number of amides is 1. The van der Waals surface area contributed by atoms with E-state index in [4.69, 9.17) is 5.73 Å². The van der Waals surface area contributed by atoms with Crippen molar-refractivity contribution in [3.8, 4) is 16.9 Å². The predicted molar refractivity (Wildman–Crippen MR) is 113 cm³/mol. The first kappa shape index (κ1) is 21.2. The van der Waals surface area contributed by atoms with E-state index in [1.165, 1.54) is 24.4 Å². The van der Waals surface area contributed by atoms with Crippen LogP contribution in [0.4, 0.5) is 19.0 Å². The fraction of sp³-hybridized carbons (Fsp3) is 0.136.